The van der Waals surface area contributed by atoms with Crippen molar-refractivity contribution in [3.05, 3.63) is 34.9 Å². The van der Waals surface area contributed by atoms with Crippen molar-refractivity contribution in [2.45, 2.75) is 52.4 Å². The normalized spacial score (nSPS) is 22.9. The summed E-state index contributed by atoms with van der Waals surface area (Å²) in [6.07, 6.45) is -0.735. The molecule has 0 spiro atoms. The van der Waals surface area contributed by atoms with Gasteiger partial charge in [0, 0.05) is 40.7 Å². The maximum atomic E-state index is 13.2. The first kappa shape index (κ1) is 29.9. The Morgan fingerprint density at radius 3 is 2.12 bits per heavy atom. The molecule has 0 amide bonds. The molecule has 0 unspecified atom stereocenters. The van der Waals surface area contributed by atoms with E-state index >= 15 is 0 Å². The van der Waals surface area contributed by atoms with Gasteiger partial charge in [-0.3, -0.25) is 4.79 Å². The molecular formula is C30H36O11. The van der Waals surface area contributed by atoms with Gasteiger partial charge in [-0.05, 0) is 32.9 Å². The quantitative estimate of drug-likeness (QED) is 0.367. The lowest BCUT2D eigenvalue weighted by Gasteiger charge is -2.43. The Balaban J connectivity index is 2.25. The van der Waals surface area contributed by atoms with Crippen molar-refractivity contribution in [1.29, 1.82) is 0 Å². The van der Waals surface area contributed by atoms with Gasteiger partial charge in [0.05, 0.1) is 28.4 Å². The lowest BCUT2D eigenvalue weighted by Crippen LogP contribution is -2.46. The van der Waals surface area contributed by atoms with E-state index in [1.807, 2.05) is 0 Å². The summed E-state index contributed by atoms with van der Waals surface area (Å²) >= 11 is 0. The smallest absolute Gasteiger partial charge is 0.334 e. The van der Waals surface area contributed by atoms with Crippen LogP contribution in [0.15, 0.2) is 23.8 Å². The summed E-state index contributed by atoms with van der Waals surface area (Å²) in [4.78, 5) is 25.7. The number of methoxy groups -OCH3 is 4. The Hall–Kier alpha value is -4.12. The van der Waals surface area contributed by atoms with E-state index in [2.05, 4.69) is 0 Å². The lowest BCUT2D eigenvalue weighted by molar-refractivity contribution is -0.182. The predicted molar refractivity (Wildman–Crippen MR) is 147 cm³/mol. The largest absolute Gasteiger partial charge is 0.493 e. The van der Waals surface area contributed by atoms with Crippen LogP contribution in [0.2, 0.25) is 0 Å². The molecule has 1 heterocycles. The Morgan fingerprint density at radius 1 is 0.927 bits per heavy atom. The molecule has 1 N–H and O–H groups in total. The third-order valence-electron chi connectivity index (χ3n) is 7.73. The van der Waals surface area contributed by atoms with Gasteiger partial charge in [0.2, 0.25) is 18.3 Å². The number of hydrogen-bond acceptors (Lipinski definition) is 11. The van der Waals surface area contributed by atoms with E-state index in [1.165, 1.54) is 42.3 Å². The van der Waals surface area contributed by atoms with Crippen LogP contribution >= 0.6 is 0 Å². The van der Waals surface area contributed by atoms with Gasteiger partial charge in [0.1, 0.15) is 11.7 Å². The molecule has 1 aliphatic heterocycles. The molecule has 2 aromatic rings. The minimum Gasteiger partial charge on any atom is -0.493 e. The monoisotopic (exact) mass is 572 g/mol. The summed E-state index contributed by atoms with van der Waals surface area (Å²) in [5.41, 5.74) is 0.105. The number of fused-ring (bicyclic) bond motifs is 4. The molecule has 1 aliphatic carbocycles. The average Bonchev–Trinajstić information content (AvgIpc) is 3.43. The summed E-state index contributed by atoms with van der Waals surface area (Å²) in [7, 11) is 5.84. The van der Waals surface area contributed by atoms with Crippen LogP contribution in [0.5, 0.6) is 34.5 Å². The molecule has 2 aliphatic rings. The van der Waals surface area contributed by atoms with Crippen molar-refractivity contribution in [2.24, 2.45) is 5.92 Å². The molecular weight excluding hydrogens is 536 g/mol. The molecule has 2 aromatic carbocycles. The molecule has 41 heavy (non-hydrogen) atoms. The van der Waals surface area contributed by atoms with Gasteiger partial charge in [-0.25, -0.2) is 4.79 Å². The molecule has 0 aromatic heterocycles. The first-order valence-electron chi connectivity index (χ1n) is 13.0. The number of aliphatic hydroxyl groups is 1. The number of rotatable bonds is 7. The standard InChI is InChI=1S/C30H36O11/c1-10-14(2)29(32)41-28-18-12-19(34-6)24(35-7)26(36-8)22(18)21-17(11-20-25(27(21)37-9)39-13-38-20)23(40-16(4)31)15(3)30(28,5)33/h10-12,15,23,28,33H,13H2,1-9H3/b14-10-/t15-,23-,28+,30-/m0/s1. The average molecular weight is 573 g/mol. The van der Waals surface area contributed by atoms with Gasteiger partial charge >= 0.3 is 11.9 Å². The first-order valence-corrected chi connectivity index (χ1v) is 13.0. The highest BCUT2D eigenvalue weighted by Crippen LogP contribution is 2.61. The van der Waals surface area contributed by atoms with E-state index in [-0.39, 0.29) is 29.8 Å². The van der Waals surface area contributed by atoms with Crippen molar-refractivity contribution < 1.29 is 52.6 Å². The second-order valence-corrected chi connectivity index (χ2v) is 10.0. The summed E-state index contributed by atoms with van der Waals surface area (Å²) in [6, 6.07) is 3.32. The Kier molecular flexibility index (Phi) is 8.30. The van der Waals surface area contributed by atoms with Crippen molar-refractivity contribution in [3.8, 4) is 45.6 Å². The molecule has 0 saturated carbocycles. The van der Waals surface area contributed by atoms with E-state index in [0.717, 1.165) is 0 Å². The second kappa shape index (κ2) is 11.4. The molecule has 11 nitrogen and oxygen atoms in total. The zero-order valence-electron chi connectivity index (χ0n) is 24.7. The fraction of sp³-hybridized carbons (Fsp3) is 0.467. The number of hydrogen-bond donors (Lipinski definition) is 1. The van der Waals surface area contributed by atoms with Crippen LogP contribution in [0, 0.1) is 5.92 Å². The maximum absolute atomic E-state index is 13.2. The Labute approximate surface area is 238 Å². The van der Waals surface area contributed by atoms with Crippen molar-refractivity contribution >= 4 is 11.9 Å². The van der Waals surface area contributed by atoms with Crippen molar-refractivity contribution in [1.82, 2.24) is 0 Å². The molecule has 0 fully saturated rings. The molecule has 4 atom stereocenters. The van der Waals surface area contributed by atoms with Gasteiger partial charge in [0.15, 0.2) is 29.1 Å². The fourth-order valence-corrected chi connectivity index (χ4v) is 5.32. The second-order valence-electron chi connectivity index (χ2n) is 10.0. The zero-order chi connectivity index (χ0) is 30.2. The van der Waals surface area contributed by atoms with Gasteiger partial charge in [-0.1, -0.05) is 13.0 Å². The SMILES string of the molecule is C/C=C(/C)C(=O)O[C@@H]1c2cc(OC)c(OC)c(OC)c2-c2c(cc3c(c2OC)OCO3)[C@@H](OC(C)=O)[C@H](C)[C@]1(C)O. The molecule has 11 heteroatoms. The van der Waals surface area contributed by atoms with Crippen LogP contribution in [0.4, 0.5) is 0 Å². The molecule has 222 valence electrons. The molecule has 0 bridgehead atoms. The highest BCUT2D eigenvalue weighted by Gasteiger charge is 2.51. The first-order chi connectivity index (χ1) is 19.5. The van der Waals surface area contributed by atoms with Crippen LogP contribution in [0.25, 0.3) is 11.1 Å². The van der Waals surface area contributed by atoms with Crippen LogP contribution in [0.3, 0.4) is 0 Å². The fourth-order valence-electron chi connectivity index (χ4n) is 5.32. The number of allylic oxidation sites excluding steroid dienone is 1. The van der Waals surface area contributed by atoms with Crippen LogP contribution in [0.1, 0.15) is 58.0 Å². The van der Waals surface area contributed by atoms with Gasteiger partial charge < -0.3 is 43.0 Å². The van der Waals surface area contributed by atoms with Crippen LogP contribution < -0.4 is 28.4 Å². The maximum Gasteiger partial charge on any atom is 0.334 e. The highest BCUT2D eigenvalue weighted by atomic mass is 16.7. The van der Waals surface area contributed by atoms with Gasteiger partial charge in [-0.15, -0.1) is 0 Å². The summed E-state index contributed by atoms with van der Waals surface area (Å²) in [6.45, 7) is 7.78. The van der Waals surface area contributed by atoms with E-state index in [4.69, 9.17) is 37.9 Å². The molecule has 0 radical (unpaired) electrons. The number of esters is 2. The van der Waals surface area contributed by atoms with Crippen LogP contribution in [-0.2, 0) is 19.1 Å². The Bertz CT molecular complexity index is 1390. The summed E-state index contributed by atoms with van der Waals surface area (Å²) in [5.74, 6) is -0.373. The highest BCUT2D eigenvalue weighted by molar-refractivity contribution is 5.91. The van der Waals surface area contributed by atoms with Crippen molar-refractivity contribution in [2.75, 3.05) is 35.2 Å². The topological polar surface area (TPSA) is 128 Å². The van der Waals surface area contributed by atoms with Crippen LogP contribution in [-0.4, -0.2) is 57.9 Å². The van der Waals surface area contributed by atoms with E-state index < -0.39 is 35.7 Å². The number of carbonyl (C=O) groups excluding carboxylic acids is 2. The molecule has 0 saturated heterocycles. The third-order valence-corrected chi connectivity index (χ3v) is 7.73. The van der Waals surface area contributed by atoms with E-state index in [1.54, 1.807) is 39.0 Å². The van der Waals surface area contributed by atoms with E-state index in [9.17, 15) is 14.7 Å². The number of carbonyl (C=O) groups is 2. The Morgan fingerprint density at radius 2 is 1.56 bits per heavy atom. The third kappa shape index (κ3) is 4.88. The summed E-state index contributed by atoms with van der Waals surface area (Å²) in [5, 5.41) is 12.3. The zero-order valence-corrected chi connectivity index (χ0v) is 24.7. The van der Waals surface area contributed by atoms with Gasteiger partial charge in [0.25, 0.3) is 0 Å². The minimum absolute atomic E-state index is 0.0567. The van der Waals surface area contributed by atoms with Crippen molar-refractivity contribution in [3.63, 3.8) is 0 Å². The minimum atomic E-state index is -1.80. The lowest BCUT2D eigenvalue weighted by atomic mass is 9.71. The number of ether oxygens (including phenoxy) is 8. The van der Waals surface area contributed by atoms with E-state index in [0.29, 0.717) is 39.3 Å². The number of benzene rings is 2. The summed E-state index contributed by atoms with van der Waals surface area (Å²) < 4.78 is 46.6. The predicted octanol–water partition coefficient (Wildman–Crippen LogP) is 4.67. The van der Waals surface area contributed by atoms with Gasteiger partial charge in [-0.2, -0.15) is 0 Å². The molecule has 4 rings (SSSR count).